The van der Waals surface area contributed by atoms with Crippen molar-refractivity contribution in [3.05, 3.63) is 63.2 Å². The topological polar surface area (TPSA) is 71.5 Å². The van der Waals surface area contributed by atoms with Gasteiger partial charge in [0.25, 0.3) is 0 Å². The first-order valence-electron chi connectivity index (χ1n) is 7.99. The monoisotopic (exact) mass is 376 g/mol. The van der Waals surface area contributed by atoms with Crippen LogP contribution >= 0.6 is 22.7 Å². The molecular weight excluding hydrogens is 364 g/mol. The fourth-order valence-corrected chi connectivity index (χ4v) is 4.49. The molecule has 0 atom stereocenters. The Balaban J connectivity index is 1.86. The third-order valence-electron chi connectivity index (χ3n) is 4.16. The number of aryl methyl sites for hydroxylation is 1. The fourth-order valence-electron chi connectivity index (χ4n) is 2.92. The molecule has 0 aliphatic rings. The first-order chi connectivity index (χ1) is 12.7. The molecule has 0 unspecified atom stereocenters. The highest BCUT2D eigenvalue weighted by Crippen LogP contribution is 2.35. The summed E-state index contributed by atoms with van der Waals surface area (Å²) in [5.41, 5.74) is 5.92. The molecule has 0 saturated heterocycles. The first kappa shape index (κ1) is 15.4. The van der Waals surface area contributed by atoms with Gasteiger partial charge in [-0.1, -0.05) is 6.07 Å². The normalized spacial score (nSPS) is 11.4. The number of hydrogen-bond donors (Lipinski definition) is 1. The second kappa shape index (κ2) is 5.82. The number of pyridine rings is 1. The third kappa shape index (κ3) is 2.44. The SMILES string of the molecule is Cc1ccc(-c2nc3[nH]ccc(=O)c3nc2-c2ccc3ncsc3c2)s1. The summed E-state index contributed by atoms with van der Waals surface area (Å²) in [6.07, 6.45) is 1.60. The molecule has 0 aliphatic heterocycles. The van der Waals surface area contributed by atoms with Crippen LogP contribution < -0.4 is 5.43 Å². The molecule has 1 N–H and O–H groups in total. The van der Waals surface area contributed by atoms with Gasteiger partial charge in [0.15, 0.2) is 11.2 Å². The molecule has 4 aromatic heterocycles. The summed E-state index contributed by atoms with van der Waals surface area (Å²) < 4.78 is 1.08. The predicted molar refractivity (Wildman–Crippen MR) is 107 cm³/mol. The van der Waals surface area contributed by atoms with Crippen LogP contribution in [-0.2, 0) is 0 Å². The molecule has 0 fully saturated rings. The minimum absolute atomic E-state index is 0.139. The zero-order chi connectivity index (χ0) is 17.7. The summed E-state index contributed by atoms with van der Waals surface area (Å²) in [6.45, 7) is 2.06. The molecule has 0 bridgehead atoms. The highest BCUT2D eigenvalue weighted by Gasteiger charge is 2.16. The van der Waals surface area contributed by atoms with E-state index < -0.39 is 0 Å². The van der Waals surface area contributed by atoms with Crippen molar-refractivity contribution in [3.8, 4) is 21.8 Å². The second-order valence-corrected chi connectivity index (χ2v) is 8.08. The van der Waals surface area contributed by atoms with E-state index in [-0.39, 0.29) is 5.43 Å². The van der Waals surface area contributed by atoms with Crippen molar-refractivity contribution in [3.63, 3.8) is 0 Å². The minimum Gasteiger partial charge on any atom is -0.345 e. The second-order valence-electron chi connectivity index (χ2n) is 5.91. The molecule has 7 heteroatoms. The first-order valence-corrected chi connectivity index (χ1v) is 9.68. The molecule has 1 aromatic carbocycles. The van der Waals surface area contributed by atoms with Gasteiger partial charge < -0.3 is 4.98 Å². The van der Waals surface area contributed by atoms with Gasteiger partial charge in [0, 0.05) is 22.7 Å². The van der Waals surface area contributed by atoms with Crippen LogP contribution in [0.3, 0.4) is 0 Å². The van der Waals surface area contributed by atoms with Crippen molar-refractivity contribution < 1.29 is 0 Å². The van der Waals surface area contributed by atoms with Crippen molar-refractivity contribution >= 4 is 44.1 Å². The quantitative estimate of drug-likeness (QED) is 0.487. The number of H-pyrrole nitrogens is 1. The Morgan fingerprint density at radius 2 is 1.96 bits per heavy atom. The molecular formula is C19H12N4OS2. The lowest BCUT2D eigenvalue weighted by Crippen LogP contribution is -2.06. The van der Waals surface area contributed by atoms with E-state index in [2.05, 4.69) is 29.0 Å². The van der Waals surface area contributed by atoms with Crippen molar-refractivity contribution in [1.82, 2.24) is 19.9 Å². The number of nitrogens with zero attached hydrogens (tertiary/aromatic N) is 3. The molecule has 4 heterocycles. The molecule has 0 radical (unpaired) electrons. The average molecular weight is 376 g/mol. The van der Waals surface area contributed by atoms with Gasteiger partial charge in [0.05, 0.1) is 26.3 Å². The number of aromatic nitrogens is 4. The van der Waals surface area contributed by atoms with Crippen LogP contribution in [0.5, 0.6) is 0 Å². The van der Waals surface area contributed by atoms with Gasteiger partial charge in [-0.2, -0.15) is 0 Å². The van der Waals surface area contributed by atoms with Gasteiger partial charge in [0.2, 0.25) is 5.43 Å². The van der Waals surface area contributed by atoms with Crippen molar-refractivity contribution in [2.75, 3.05) is 0 Å². The van der Waals surface area contributed by atoms with Crippen LogP contribution in [0.25, 0.3) is 43.2 Å². The molecule has 0 amide bonds. The van der Waals surface area contributed by atoms with Gasteiger partial charge in [0.1, 0.15) is 5.69 Å². The number of thiazole rings is 1. The highest BCUT2D eigenvalue weighted by atomic mass is 32.1. The smallest absolute Gasteiger partial charge is 0.209 e. The lowest BCUT2D eigenvalue weighted by Gasteiger charge is -2.08. The van der Waals surface area contributed by atoms with Crippen molar-refractivity contribution in [2.24, 2.45) is 0 Å². The Morgan fingerprint density at radius 1 is 1.04 bits per heavy atom. The van der Waals surface area contributed by atoms with E-state index in [9.17, 15) is 4.79 Å². The largest absolute Gasteiger partial charge is 0.345 e. The van der Waals surface area contributed by atoms with Crippen LogP contribution in [0.15, 0.2) is 52.9 Å². The maximum absolute atomic E-state index is 12.3. The zero-order valence-corrected chi connectivity index (χ0v) is 15.3. The van der Waals surface area contributed by atoms with Crippen LogP contribution in [0.2, 0.25) is 0 Å². The number of nitrogens with one attached hydrogen (secondary N) is 1. The number of fused-ring (bicyclic) bond motifs is 2. The zero-order valence-electron chi connectivity index (χ0n) is 13.7. The lowest BCUT2D eigenvalue weighted by atomic mass is 10.1. The molecule has 5 aromatic rings. The molecule has 0 spiro atoms. The maximum Gasteiger partial charge on any atom is 0.209 e. The van der Waals surface area contributed by atoms with Gasteiger partial charge in [-0.3, -0.25) is 4.79 Å². The van der Waals surface area contributed by atoms with E-state index in [4.69, 9.17) is 9.97 Å². The van der Waals surface area contributed by atoms with Gasteiger partial charge in [-0.15, -0.1) is 22.7 Å². The standard InChI is InChI=1S/C19H12N4OS2/c1-10-2-5-14(26-10)18-16(11-3-4-12-15(8-11)25-9-21-12)22-17-13(24)6-7-20-19(17)23-18/h2-9H,1H3,(H,20,23,24). The van der Waals surface area contributed by atoms with Crippen LogP contribution in [-0.4, -0.2) is 19.9 Å². The third-order valence-corrected chi connectivity index (χ3v) is 5.96. The van der Waals surface area contributed by atoms with Gasteiger partial charge >= 0.3 is 0 Å². The molecule has 26 heavy (non-hydrogen) atoms. The Bertz CT molecular complexity index is 1330. The highest BCUT2D eigenvalue weighted by molar-refractivity contribution is 7.16. The Labute approximate surface area is 156 Å². The van der Waals surface area contributed by atoms with Crippen molar-refractivity contribution in [2.45, 2.75) is 6.92 Å². The molecule has 0 aliphatic carbocycles. The molecule has 5 nitrogen and oxygen atoms in total. The van der Waals surface area contributed by atoms with Crippen molar-refractivity contribution in [1.29, 1.82) is 0 Å². The number of aromatic amines is 1. The van der Waals surface area contributed by atoms with Gasteiger partial charge in [-0.25, -0.2) is 15.0 Å². The van der Waals surface area contributed by atoms with Crippen LogP contribution in [0.1, 0.15) is 4.88 Å². The molecule has 0 saturated carbocycles. The number of benzene rings is 1. The molecule has 5 rings (SSSR count). The summed E-state index contributed by atoms with van der Waals surface area (Å²) >= 11 is 3.25. The number of rotatable bonds is 2. The Morgan fingerprint density at radius 3 is 2.81 bits per heavy atom. The number of thiophene rings is 1. The summed E-state index contributed by atoms with van der Waals surface area (Å²) in [7, 11) is 0. The van der Waals surface area contributed by atoms with E-state index in [1.165, 1.54) is 10.9 Å². The van der Waals surface area contributed by atoms with E-state index >= 15 is 0 Å². The fraction of sp³-hybridized carbons (Fsp3) is 0.0526. The summed E-state index contributed by atoms with van der Waals surface area (Å²) in [6, 6.07) is 11.6. The Hall–Kier alpha value is -2.90. The molecule has 126 valence electrons. The van der Waals surface area contributed by atoms with E-state index in [0.717, 1.165) is 26.4 Å². The van der Waals surface area contributed by atoms with E-state index in [1.807, 2.05) is 23.7 Å². The average Bonchev–Trinajstić information content (AvgIpc) is 3.29. The minimum atomic E-state index is -0.139. The summed E-state index contributed by atoms with van der Waals surface area (Å²) in [5.74, 6) is 0. The lowest BCUT2D eigenvalue weighted by molar-refractivity contribution is 1.22. The predicted octanol–water partition coefficient (Wildman–Crippen LogP) is 4.63. The number of hydrogen-bond acceptors (Lipinski definition) is 6. The van der Waals surface area contributed by atoms with E-state index in [1.54, 1.807) is 28.9 Å². The summed E-state index contributed by atoms with van der Waals surface area (Å²) in [4.78, 5) is 31.3. The van der Waals surface area contributed by atoms with Crippen LogP contribution in [0.4, 0.5) is 0 Å². The maximum atomic E-state index is 12.3. The summed E-state index contributed by atoms with van der Waals surface area (Å²) in [5, 5.41) is 0. The van der Waals surface area contributed by atoms with E-state index in [0.29, 0.717) is 16.9 Å². The Kier molecular flexibility index (Phi) is 3.44. The van der Waals surface area contributed by atoms with Crippen LogP contribution in [0, 0.1) is 6.92 Å². The van der Waals surface area contributed by atoms with Gasteiger partial charge in [-0.05, 0) is 31.2 Å².